The van der Waals surface area contributed by atoms with Gasteiger partial charge in [0.2, 0.25) is 5.91 Å². The van der Waals surface area contributed by atoms with Crippen molar-refractivity contribution < 1.29 is 19.5 Å². The van der Waals surface area contributed by atoms with Crippen molar-refractivity contribution in [3.63, 3.8) is 0 Å². The maximum absolute atomic E-state index is 11.6. The molecule has 0 rings (SSSR count). The average molecular weight is 259 g/mol. The first-order valence-corrected chi connectivity index (χ1v) is 5.77. The van der Waals surface area contributed by atoms with Crippen LogP contribution in [-0.2, 0) is 9.59 Å². The van der Waals surface area contributed by atoms with E-state index in [0.717, 1.165) is 12.8 Å². The second-order valence-corrected chi connectivity index (χ2v) is 4.79. The Labute approximate surface area is 106 Å². The van der Waals surface area contributed by atoms with E-state index in [1.165, 1.54) is 0 Å². The molecule has 7 heteroatoms. The second-order valence-electron chi connectivity index (χ2n) is 4.79. The van der Waals surface area contributed by atoms with Crippen molar-refractivity contribution in [1.29, 1.82) is 0 Å². The third kappa shape index (κ3) is 6.72. The summed E-state index contributed by atoms with van der Waals surface area (Å²) in [5, 5.41) is 13.7. The number of amides is 3. The Morgan fingerprint density at radius 2 is 1.89 bits per heavy atom. The molecule has 0 bridgehead atoms. The van der Waals surface area contributed by atoms with Crippen molar-refractivity contribution in [2.24, 2.45) is 5.73 Å². The Balaban J connectivity index is 4.43. The fourth-order valence-electron chi connectivity index (χ4n) is 1.59. The lowest BCUT2D eigenvalue weighted by atomic mass is 9.99. The van der Waals surface area contributed by atoms with Gasteiger partial charge in [-0.1, -0.05) is 13.3 Å². The highest BCUT2D eigenvalue weighted by Crippen LogP contribution is 2.10. The van der Waals surface area contributed by atoms with E-state index in [-0.39, 0.29) is 0 Å². The fourth-order valence-corrected chi connectivity index (χ4v) is 1.59. The summed E-state index contributed by atoms with van der Waals surface area (Å²) in [5.74, 6) is -2.08. The van der Waals surface area contributed by atoms with Crippen molar-refractivity contribution in [3.05, 3.63) is 0 Å². The number of carboxylic acids is 1. The van der Waals surface area contributed by atoms with Gasteiger partial charge in [-0.15, -0.1) is 0 Å². The van der Waals surface area contributed by atoms with Crippen molar-refractivity contribution in [3.8, 4) is 0 Å². The molecule has 1 atom stereocenters. The molecule has 0 aromatic heterocycles. The van der Waals surface area contributed by atoms with Crippen LogP contribution in [0.5, 0.6) is 0 Å². The van der Waals surface area contributed by atoms with Gasteiger partial charge in [-0.25, -0.2) is 9.59 Å². The lowest BCUT2D eigenvalue weighted by Crippen LogP contribution is -2.53. The molecule has 104 valence electrons. The minimum Gasteiger partial charge on any atom is -0.480 e. The van der Waals surface area contributed by atoms with Crippen LogP contribution in [0.4, 0.5) is 4.79 Å². The smallest absolute Gasteiger partial charge is 0.326 e. The molecule has 0 unspecified atom stereocenters. The number of carboxylic acid groups (broad SMARTS) is 1. The van der Waals surface area contributed by atoms with Gasteiger partial charge in [-0.3, -0.25) is 4.79 Å². The molecule has 0 aliphatic carbocycles. The Hall–Kier alpha value is -1.79. The highest BCUT2D eigenvalue weighted by molar-refractivity contribution is 5.87. The summed E-state index contributed by atoms with van der Waals surface area (Å²) in [4.78, 5) is 33.1. The number of nitrogens with two attached hydrogens (primary N) is 1. The molecular formula is C11H21N3O4. The van der Waals surface area contributed by atoms with Crippen molar-refractivity contribution in [1.82, 2.24) is 10.6 Å². The van der Waals surface area contributed by atoms with Crippen molar-refractivity contribution in [2.45, 2.75) is 51.6 Å². The summed E-state index contributed by atoms with van der Waals surface area (Å²) in [5.41, 5.74) is 4.47. The SMILES string of the molecule is CCCC(C)(C)NC(=O)N[C@H](CC(N)=O)C(=O)O. The Bertz CT molecular complexity index is 328. The van der Waals surface area contributed by atoms with Crippen LogP contribution in [0.1, 0.15) is 40.0 Å². The molecule has 0 aliphatic heterocycles. The molecule has 0 saturated heterocycles. The van der Waals surface area contributed by atoms with Gasteiger partial charge in [0.15, 0.2) is 0 Å². The van der Waals surface area contributed by atoms with Gasteiger partial charge in [0.05, 0.1) is 6.42 Å². The van der Waals surface area contributed by atoms with Crippen molar-refractivity contribution >= 4 is 17.9 Å². The maximum Gasteiger partial charge on any atom is 0.326 e. The molecule has 0 aliphatic rings. The van der Waals surface area contributed by atoms with E-state index >= 15 is 0 Å². The molecule has 0 fully saturated rings. The summed E-state index contributed by atoms with van der Waals surface area (Å²) >= 11 is 0. The molecule has 0 radical (unpaired) electrons. The monoisotopic (exact) mass is 259 g/mol. The van der Waals surface area contributed by atoms with E-state index in [9.17, 15) is 14.4 Å². The van der Waals surface area contributed by atoms with Crippen LogP contribution in [0.25, 0.3) is 0 Å². The minimum atomic E-state index is -1.31. The zero-order valence-corrected chi connectivity index (χ0v) is 10.9. The third-order valence-corrected chi connectivity index (χ3v) is 2.34. The molecule has 0 spiro atoms. The van der Waals surface area contributed by atoms with Gasteiger partial charge in [0.25, 0.3) is 0 Å². The van der Waals surface area contributed by atoms with Crippen molar-refractivity contribution in [2.75, 3.05) is 0 Å². The van der Waals surface area contributed by atoms with Crippen LogP contribution in [0, 0.1) is 0 Å². The topological polar surface area (TPSA) is 122 Å². The largest absolute Gasteiger partial charge is 0.480 e. The van der Waals surface area contributed by atoms with Gasteiger partial charge in [0.1, 0.15) is 6.04 Å². The molecular weight excluding hydrogens is 238 g/mol. The number of carbonyl (C=O) groups excluding carboxylic acids is 2. The van der Waals surface area contributed by atoms with Gasteiger partial charge in [-0.2, -0.15) is 0 Å². The molecule has 3 amide bonds. The first kappa shape index (κ1) is 16.2. The zero-order valence-electron chi connectivity index (χ0n) is 10.9. The van der Waals surface area contributed by atoms with E-state index in [1.807, 2.05) is 20.8 Å². The van der Waals surface area contributed by atoms with Crippen LogP contribution < -0.4 is 16.4 Å². The van der Waals surface area contributed by atoms with Crippen LogP contribution >= 0.6 is 0 Å². The summed E-state index contributed by atoms with van der Waals surface area (Å²) in [6, 6.07) is -1.93. The van der Waals surface area contributed by atoms with Gasteiger partial charge >= 0.3 is 12.0 Å². The maximum atomic E-state index is 11.6. The highest BCUT2D eigenvalue weighted by Gasteiger charge is 2.25. The molecule has 7 nitrogen and oxygen atoms in total. The first-order chi connectivity index (χ1) is 8.18. The van der Waals surface area contributed by atoms with Gasteiger partial charge < -0.3 is 21.5 Å². The predicted molar refractivity (Wildman–Crippen MR) is 65.9 cm³/mol. The predicted octanol–water partition coefficient (Wildman–Crippen LogP) is 0.193. The molecule has 0 saturated carbocycles. The zero-order chi connectivity index (χ0) is 14.3. The lowest BCUT2D eigenvalue weighted by Gasteiger charge is -2.26. The van der Waals surface area contributed by atoms with Crippen LogP contribution in [0.15, 0.2) is 0 Å². The van der Waals surface area contributed by atoms with E-state index in [0.29, 0.717) is 0 Å². The minimum absolute atomic E-state index is 0.434. The summed E-state index contributed by atoms with van der Waals surface area (Å²) in [7, 11) is 0. The highest BCUT2D eigenvalue weighted by atomic mass is 16.4. The Morgan fingerprint density at radius 3 is 2.28 bits per heavy atom. The molecule has 18 heavy (non-hydrogen) atoms. The number of hydrogen-bond donors (Lipinski definition) is 4. The number of carbonyl (C=O) groups is 3. The fraction of sp³-hybridized carbons (Fsp3) is 0.727. The number of primary amides is 1. The van der Waals surface area contributed by atoms with Crippen LogP contribution in [0.2, 0.25) is 0 Å². The molecule has 0 heterocycles. The van der Waals surface area contributed by atoms with E-state index < -0.39 is 35.9 Å². The Morgan fingerprint density at radius 1 is 1.33 bits per heavy atom. The first-order valence-electron chi connectivity index (χ1n) is 5.77. The second kappa shape index (κ2) is 6.83. The lowest BCUT2D eigenvalue weighted by molar-refractivity contribution is -0.140. The summed E-state index contributed by atoms with van der Waals surface area (Å²) in [6.07, 6.45) is 1.21. The summed E-state index contributed by atoms with van der Waals surface area (Å²) in [6.45, 7) is 5.65. The Kier molecular flexibility index (Phi) is 6.15. The molecule has 0 aromatic carbocycles. The average Bonchev–Trinajstić information content (AvgIpc) is 2.14. The summed E-state index contributed by atoms with van der Waals surface area (Å²) < 4.78 is 0. The number of aliphatic carboxylic acids is 1. The molecule has 5 N–H and O–H groups in total. The normalized spacial score (nSPS) is 12.6. The quantitative estimate of drug-likeness (QED) is 0.521. The standard InChI is InChI=1S/C11H21N3O4/c1-4-5-11(2,3)14-10(18)13-7(9(16)17)6-8(12)15/h7H,4-6H2,1-3H3,(H2,12,15)(H,16,17)(H2,13,14,18)/t7-/m1/s1. The van der Waals surface area contributed by atoms with E-state index in [1.54, 1.807) is 0 Å². The van der Waals surface area contributed by atoms with E-state index in [4.69, 9.17) is 10.8 Å². The number of urea groups is 1. The van der Waals surface area contributed by atoms with Crippen LogP contribution in [-0.4, -0.2) is 34.6 Å². The van der Waals surface area contributed by atoms with Crippen LogP contribution in [0.3, 0.4) is 0 Å². The van der Waals surface area contributed by atoms with E-state index in [2.05, 4.69) is 10.6 Å². The number of nitrogens with one attached hydrogen (secondary N) is 2. The number of rotatable bonds is 7. The molecule has 0 aromatic rings. The number of hydrogen-bond acceptors (Lipinski definition) is 3. The van der Waals surface area contributed by atoms with Gasteiger partial charge in [-0.05, 0) is 20.3 Å². The van der Waals surface area contributed by atoms with Gasteiger partial charge in [0, 0.05) is 5.54 Å². The third-order valence-electron chi connectivity index (χ3n) is 2.34.